The molecule has 0 fully saturated rings. The number of nitrogens with zero attached hydrogens (tertiary/aromatic N) is 2. The van der Waals surface area contributed by atoms with E-state index in [1.807, 2.05) is 44.2 Å². The van der Waals surface area contributed by atoms with Crippen molar-refractivity contribution in [1.29, 1.82) is 0 Å². The molecule has 2 rings (SSSR count). The molecule has 0 amide bonds. The highest BCUT2D eigenvalue weighted by Crippen LogP contribution is 2.16. The van der Waals surface area contributed by atoms with Gasteiger partial charge in [0.25, 0.3) is 0 Å². The van der Waals surface area contributed by atoms with E-state index in [2.05, 4.69) is 15.5 Å². The van der Waals surface area contributed by atoms with Crippen LogP contribution in [0.5, 0.6) is 0 Å². The minimum atomic E-state index is -0.206. The molecule has 0 bridgehead atoms. The first-order valence-corrected chi connectivity index (χ1v) is 6.24. The van der Waals surface area contributed by atoms with Crippen molar-refractivity contribution in [2.45, 2.75) is 26.0 Å². The van der Waals surface area contributed by atoms with E-state index in [0.29, 0.717) is 24.9 Å². The van der Waals surface area contributed by atoms with Gasteiger partial charge in [0.05, 0.1) is 12.1 Å². The second-order valence-electron chi connectivity index (χ2n) is 4.93. The van der Waals surface area contributed by atoms with Crippen LogP contribution in [0.2, 0.25) is 0 Å². The molecule has 19 heavy (non-hydrogen) atoms. The summed E-state index contributed by atoms with van der Waals surface area (Å²) >= 11 is 0. The molecule has 2 aromatic rings. The Labute approximate surface area is 113 Å². The Hall–Kier alpha value is -1.72. The first-order chi connectivity index (χ1) is 9.11. The fraction of sp³-hybridized carbons (Fsp3) is 0.429. The normalized spacial score (nSPS) is 11.7. The third-order valence-electron chi connectivity index (χ3n) is 2.87. The van der Waals surface area contributed by atoms with Crippen molar-refractivity contribution in [1.82, 2.24) is 15.5 Å². The van der Waals surface area contributed by atoms with Gasteiger partial charge in [0.1, 0.15) is 0 Å². The summed E-state index contributed by atoms with van der Waals surface area (Å²) in [5, 5.41) is 11.3. The summed E-state index contributed by atoms with van der Waals surface area (Å²) in [7, 11) is 1.70. The largest absolute Gasteiger partial charge is 0.419 e. The molecule has 1 heterocycles. The van der Waals surface area contributed by atoms with Crippen molar-refractivity contribution in [2.75, 3.05) is 13.7 Å². The van der Waals surface area contributed by atoms with Gasteiger partial charge in [-0.05, 0) is 26.0 Å². The number of hydrogen-bond donors (Lipinski definition) is 1. The summed E-state index contributed by atoms with van der Waals surface area (Å²) in [6.07, 6.45) is 0. The van der Waals surface area contributed by atoms with Crippen LogP contribution in [-0.2, 0) is 11.3 Å². The summed E-state index contributed by atoms with van der Waals surface area (Å²) in [6, 6.07) is 9.73. The summed E-state index contributed by atoms with van der Waals surface area (Å²) in [6.45, 7) is 5.28. The molecular formula is C14H19N3O2. The minimum absolute atomic E-state index is 0.206. The van der Waals surface area contributed by atoms with Crippen LogP contribution in [-0.4, -0.2) is 29.5 Å². The number of aromatic nitrogens is 2. The highest BCUT2D eigenvalue weighted by atomic mass is 16.5. The zero-order valence-corrected chi connectivity index (χ0v) is 11.5. The van der Waals surface area contributed by atoms with Crippen LogP contribution in [0.25, 0.3) is 11.5 Å². The fourth-order valence-electron chi connectivity index (χ4n) is 1.57. The molecule has 0 atom stereocenters. The van der Waals surface area contributed by atoms with E-state index >= 15 is 0 Å². The lowest BCUT2D eigenvalue weighted by Crippen LogP contribution is -2.36. The minimum Gasteiger partial charge on any atom is -0.419 e. The molecule has 0 spiro atoms. The zero-order valence-electron chi connectivity index (χ0n) is 11.5. The van der Waals surface area contributed by atoms with Crippen LogP contribution in [0.1, 0.15) is 19.7 Å². The third kappa shape index (κ3) is 3.87. The van der Waals surface area contributed by atoms with Crippen molar-refractivity contribution < 1.29 is 9.15 Å². The highest BCUT2D eigenvalue weighted by Gasteiger charge is 2.16. The Balaban J connectivity index is 1.92. The van der Waals surface area contributed by atoms with Crippen LogP contribution in [0.15, 0.2) is 34.7 Å². The standard InChI is InChI=1S/C14H19N3O2/c1-14(2,18-3)10-15-9-12-16-17-13(19-12)11-7-5-4-6-8-11/h4-8,15H,9-10H2,1-3H3. The molecule has 1 aromatic heterocycles. The Bertz CT molecular complexity index is 508. The molecular weight excluding hydrogens is 242 g/mol. The van der Waals surface area contributed by atoms with Crippen molar-refractivity contribution >= 4 is 0 Å². The van der Waals surface area contributed by atoms with Gasteiger partial charge in [-0.15, -0.1) is 10.2 Å². The van der Waals surface area contributed by atoms with Gasteiger partial charge in [-0.2, -0.15) is 0 Å². The van der Waals surface area contributed by atoms with Crippen molar-refractivity contribution in [3.8, 4) is 11.5 Å². The fourth-order valence-corrected chi connectivity index (χ4v) is 1.57. The monoisotopic (exact) mass is 261 g/mol. The number of nitrogens with one attached hydrogen (secondary N) is 1. The van der Waals surface area contributed by atoms with E-state index in [-0.39, 0.29) is 5.60 Å². The Kier molecular flexibility index (Phi) is 4.29. The number of benzene rings is 1. The topological polar surface area (TPSA) is 60.2 Å². The van der Waals surface area contributed by atoms with Gasteiger partial charge in [0, 0.05) is 19.2 Å². The number of hydrogen-bond acceptors (Lipinski definition) is 5. The van der Waals surface area contributed by atoms with E-state index in [0.717, 1.165) is 5.56 Å². The maximum Gasteiger partial charge on any atom is 0.247 e. The first-order valence-electron chi connectivity index (χ1n) is 6.24. The van der Waals surface area contributed by atoms with Crippen molar-refractivity contribution in [2.24, 2.45) is 0 Å². The van der Waals surface area contributed by atoms with Crippen molar-refractivity contribution in [3.63, 3.8) is 0 Å². The van der Waals surface area contributed by atoms with Crippen LogP contribution < -0.4 is 5.32 Å². The molecule has 5 nitrogen and oxygen atoms in total. The van der Waals surface area contributed by atoms with Gasteiger partial charge in [-0.3, -0.25) is 0 Å². The smallest absolute Gasteiger partial charge is 0.247 e. The Morgan fingerprint density at radius 3 is 2.63 bits per heavy atom. The summed E-state index contributed by atoms with van der Waals surface area (Å²) in [5.74, 6) is 1.12. The second-order valence-corrected chi connectivity index (χ2v) is 4.93. The summed E-state index contributed by atoms with van der Waals surface area (Å²) < 4.78 is 10.9. The van der Waals surface area contributed by atoms with E-state index in [1.54, 1.807) is 7.11 Å². The van der Waals surface area contributed by atoms with E-state index in [9.17, 15) is 0 Å². The van der Waals surface area contributed by atoms with Gasteiger partial charge >= 0.3 is 0 Å². The van der Waals surface area contributed by atoms with E-state index in [1.165, 1.54) is 0 Å². The molecule has 0 saturated heterocycles. The van der Waals surface area contributed by atoms with Gasteiger partial charge in [-0.25, -0.2) is 0 Å². The van der Waals surface area contributed by atoms with Gasteiger partial charge in [-0.1, -0.05) is 18.2 Å². The first kappa shape index (κ1) is 13.7. The molecule has 5 heteroatoms. The van der Waals surface area contributed by atoms with E-state index in [4.69, 9.17) is 9.15 Å². The molecule has 0 aliphatic heterocycles. The molecule has 1 N–H and O–H groups in total. The quantitative estimate of drug-likeness (QED) is 0.864. The van der Waals surface area contributed by atoms with Crippen LogP contribution in [0, 0.1) is 0 Å². The number of ether oxygens (including phenoxy) is 1. The zero-order chi connectivity index (χ0) is 13.7. The third-order valence-corrected chi connectivity index (χ3v) is 2.87. The van der Waals surface area contributed by atoms with Gasteiger partial charge < -0.3 is 14.5 Å². The Morgan fingerprint density at radius 1 is 1.21 bits per heavy atom. The molecule has 0 aliphatic rings. The predicted octanol–water partition coefficient (Wildman–Crippen LogP) is 2.25. The van der Waals surface area contributed by atoms with Crippen LogP contribution in [0.3, 0.4) is 0 Å². The number of rotatable bonds is 6. The molecule has 0 unspecified atom stereocenters. The lowest BCUT2D eigenvalue weighted by molar-refractivity contribution is 0.0227. The summed E-state index contributed by atoms with van der Waals surface area (Å²) in [4.78, 5) is 0. The Morgan fingerprint density at radius 2 is 1.95 bits per heavy atom. The van der Waals surface area contributed by atoms with Gasteiger partial charge in [0.2, 0.25) is 11.8 Å². The maximum absolute atomic E-state index is 5.59. The predicted molar refractivity (Wildman–Crippen MR) is 72.5 cm³/mol. The lowest BCUT2D eigenvalue weighted by Gasteiger charge is -2.22. The average Bonchev–Trinajstić information content (AvgIpc) is 2.88. The van der Waals surface area contributed by atoms with Crippen molar-refractivity contribution in [3.05, 3.63) is 36.2 Å². The molecule has 1 aromatic carbocycles. The SMILES string of the molecule is COC(C)(C)CNCc1nnc(-c2ccccc2)o1. The highest BCUT2D eigenvalue weighted by molar-refractivity contribution is 5.51. The van der Waals surface area contributed by atoms with E-state index < -0.39 is 0 Å². The molecule has 0 aliphatic carbocycles. The molecule has 0 radical (unpaired) electrons. The second kappa shape index (κ2) is 5.95. The van der Waals surface area contributed by atoms with Gasteiger partial charge in [0.15, 0.2) is 0 Å². The number of methoxy groups -OCH3 is 1. The maximum atomic E-state index is 5.59. The average molecular weight is 261 g/mol. The van der Waals surface area contributed by atoms with Crippen LogP contribution in [0.4, 0.5) is 0 Å². The molecule has 0 saturated carbocycles. The summed E-state index contributed by atoms with van der Waals surface area (Å²) in [5.41, 5.74) is 0.723. The lowest BCUT2D eigenvalue weighted by atomic mass is 10.1. The molecule has 102 valence electrons. The van der Waals surface area contributed by atoms with Crippen LogP contribution >= 0.6 is 0 Å².